The quantitative estimate of drug-likeness (QED) is 0.590. The number of nitrogens with two attached hydrogens (primary N) is 2. The van der Waals surface area contributed by atoms with Crippen molar-refractivity contribution in [3.05, 3.63) is 40.9 Å². The highest BCUT2D eigenvalue weighted by atomic mass is 32.1. The van der Waals surface area contributed by atoms with Gasteiger partial charge in [-0.2, -0.15) is 4.99 Å². The largest absolute Gasteiger partial charge is 0.439 e. The molecule has 1 atom stereocenters. The number of carbonyl (C=O) groups excluding carboxylic acids is 1. The Hall–Kier alpha value is -2.61. The second-order valence-electron chi connectivity index (χ2n) is 5.12. The van der Waals surface area contributed by atoms with Crippen LogP contribution >= 0.6 is 11.3 Å². The van der Waals surface area contributed by atoms with Gasteiger partial charge >= 0.3 is 6.09 Å². The van der Waals surface area contributed by atoms with Crippen LogP contribution in [-0.4, -0.2) is 17.0 Å². The van der Waals surface area contributed by atoms with Crippen molar-refractivity contribution in [1.82, 2.24) is 4.98 Å². The van der Waals surface area contributed by atoms with Gasteiger partial charge in [0.05, 0.1) is 5.69 Å². The normalized spacial score (nSPS) is 16.3. The van der Waals surface area contributed by atoms with E-state index in [9.17, 15) is 4.79 Å². The summed E-state index contributed by atoms with van der Waals surface area (Å²) in [7, 11) is 0. The Bertz CT molecular complexity index is 725. The van der Waals surface area contributed by atoms with Gasteiger partial charge in [0.15, 0.2) is 5.96 Å². The molecule has 0 aliphatic heterocycles. The van der Waals surface area contributed by atoms with E-state index in [2.05, 4.69) is 15.3 Å². The lowest BCUT2D eigenvalue weighted by atomic mass is 10.0. The molecular formula is C15H17N5O2S. The summed E-state index contributed by atoms with van der Waals surface area (Å²) in [6.45, 7) is 0. The van der Waals surface area contributed by atoms with Crippen molar-refractivity contribution in [3.63, 3.8) is 0 Å². The second-order valence-corrected chi connectivity index (χ2v) is 6.18. The average molecular weight is 331 g/mol. The molecule has 0 fully saturated rings. The number of hydrogen-bond donors (Lipinski definition) is 3. The maximum Gasteiger partial charge on any atom is 0.412 e. The van der Waals surface area contributed by atoms with E-state index in [4.69, 9.17) is 16.2 Å². The summed E-state index contributed by atoms with van der Waals surface area (Å²) in [5.74, 6) is -0.0321. The number of ether oxygens (including phenoxy) is 1. The van der Waals surface area contributed by atoms with Crippen molar-refractivity contribution in [2.24, 2.45) is 16.5 Å². The molecule has 0 bridgehead atoms. The molecule has 2 aromatic rings. The lowest BCUT2D eigenvalue weighted by Crippen LogP contribution is -2.22. The minimum atomic E-state index is -0.495. The van der Waals surface area contributed by atoms with E-state index in [1.165, 1.54) is 11.3 Å². The van der Waals surface area contributed by atoms with E-state index in [1.54, 1.807) is 12.1 Å². The number of rotatable bonds is 3. The van der Waals surface area contributed by atoms with E-state index in [0.717, 1.165) is 29.8 Å². The van der Waals surface area contributed by atoms with Gasteiger partial charge in [-0.1, -0.05) is 29.5 Å². The van der Waals surface area contributed by atoms with E-state index in [1.807, 2.05) is 18.2 Å². The number of benzene rings is 1. The van der Waals surface area contributed by atoms with Gasteiger partial charge in [0.2, 0.25) is 5.13 Å². The zero-order chi connectivity index (χ0) is 16.2. The third kappa shape index (κ3) is 3.78. The number of fused-ring (bicyclic) bond motifs is 1. The van der Waals surface area contributed by atoms with Crippen LogP contribution in [0.5, 0.6) is 0 Å². The fraction of sp³-hybridized carbons (Fsp3) is 0.267. The Morgan fingerprint density at radius 3 is 2.87 bits per heavy atom. The maximum atomic E-state index is 12.0. The highest BCUT2D eigenvalue weighted by Gasteiger charge is 2.28. The number of thiazole rings is 1. The number of nitrogens with zero attached hydrogens (tertiary/aromatic N) is 2. The van der Waals surface area contributed by atoms with Gasteiger partial charge in [-0.15, -0.1) is 0 Å². The van der Waals surface area contributed by atoms with Crippen LogP contribution in [-0.2, 0) is 11.2 Å². The molecule has 0 saturated heterocycles. The van der Waals surface area contributed by atoms with Gasteiger partial charge < -0.3 is 16.2 Å². The standard InChI is InChI=1S/C15H17N5O2S/c16-13(17)20-14-19-12-10(7-4-8-11(12)23-14)22-15(21)18-9-5-2-1-3-6-9/h1-3,5-6,10H,4,7-8H2,(H,18,21)(H4,16,17,19,20). The molecule has 0 saturated carbocycles. The molecule has 7 nitrogen and oxygen atoms in total. The Kier molecular flexibility index (Phi) is 4.42. The summed E-state index contributed by atoms with van der Waals surface area (Å²) < 4.78 is 5.52. The highest BCUT2D eigenvalue weighted by molar-refractivity contribution is 7.15. The van der Waals surface area contributed by atoms with Crippen LogP contribution in [0.25, 0.3) is 0 Å². The second kappa shape index (κ2) is 6.66. The number of carbonyl (C=O) groups is 1. The molecule has 0 spiro atoms. The fourth-order valence-corrected chi connectivity index (χ4v) is 3.48. The van der Waals surface area contributed by atoms with Gasteiger partial charge in [0.1, 0.15) is 6.10 Å². The molecular weight excluding hydrogens is 314 g/mol. The molecule has 3 rings (SSSR count). The van der Waals surface area contributed by atoms with E-state index in [-0.39, 0.29) is 12.1 Å². The van der Waals surface area contributed by atoms with Crippen molar-refractivity contribution in [1.29, 1.82) is 0 Å². The highest BCUT2D eigenvalue weighted by Crippen LogP contribution is 2.38. The zero-order valence-electron chi connectivity index (χ0n) is 12.4. The first kappa shape index (κ1) is 15.3. The molecule has 8 heteroatoms. The van der Waals surface area contributed by atoms with Crippen LogP contribution in [0.2, 0.25) is 0 Å². The number of guanidine groups is 1. The molecule has 1 aliphatic rings. The van der Waals surface area contributed by atoms with Crippen molar-refractivity contribution in [3.8, 4) is 0 Å². The summed E-state index contributed by atoms with van der Waals surface area (Å²) in [6.07, 6.45) is 1.69. The molecule has 1 aliphatic carbocycles. The Labute approximate surface area is 137 Å². The van der Waals surface area contributed by atoms with Crippen LogP contribution in [0.3, 0.4) is 0 Å². The molecule has 1 heterocycles. The molecule has 1 amide bonds. The molecule has 120 valence electrons. The summed E-state index contributed by atoms with van der Waals surface area (Å²) in [5, 5.41) is 3.20. The lowest BCUT2D eigenvalue weighted by Gasteiger charge is -2.21. The van der Waals surface area contributed by atoms with Crippen molar-refractivity contribution < 1.29 is 9.53 Å². The number of aromatic nitrogens is 1. The Morgan fingerprint density at radius 1 is 1.35 bits per heavy atom. The van der Waals surface area contributed by atoms with Crippen LogP contribution < -0.4 is 16.8 Å². The van der Waals surface area contributed by atoms with E-state index in [0.29, 0.717) is 10.8 Å². The van der Waals surface area contributed by atoms with E-state index >= 15 is 0 Å². The fourth-order valence-electron chi connectivity index (χ4n) is 2.44. The summed E-state index contributed by atoms with van der Waals surface area (Å²) in [5.41, 5.74) is 12.2. The summed E-state index contributed by atoms with van der Waals surface area (Å²) in [6, 6.07) is 9.16. The number of aryl methyl sites for hydroxylation is 1. The number of nitrogens with one attached hydrogen (secondary N) is 1. The molecule has 23 heavy (non-hydrogen) atoms. The first-order valence-electron chi connectivity index (χ1n) is 7.24. The van der Waals surface area contributed by atoms with E-state index < -0.39 is 6.09 Å². The summed E-state index contributed by atoms with van der Waals surface area (Å²) in [4.78, 5) is 21.5. The lowest BCUT2D eigenvalue weighted by molar-refractivity contribution is 0.0979. The Morgan fingerprint density at radius 2 is 2.13 bits per heavy atom. The van der Waals surface area contributed by atoms with Crippen LogP contribution in [0.1, 0.15) is 29.5 Å². The zero-order valence-corrected chi connectivity index (χ0v) is 13.2. The minimum absolute atomic E-state index is 0.0321. The molecule has 5 N–H and O–H groups in total. The first-order chi connectivity index (χ1) is 11.1. The van der Waals surface area contributed by atoms with Crippen molar-refractivity contribution in [2.75, 3.05) is 5.32 Å². The van der Waals surface area contributed by atoms with Gasteiger partial charge in [-0.3, -0.25) is 5.32 Å². The van der Waals surface area contributed by atoms with Crippen molar-refractivity contribution >= 4 is 34.2 Å². The van der Waals surface area contributed by atoms with Crippen LogP contribution in [0, 0.1) is 0 Å². The molecule has 1 aromatic carbocycles. The van der Waals surface area contributed by atoms with Crippen LogP contribution in [0.15, 0.2) is 35.3 Å². The summed E-state index contributed by atoms with van der Waals surface area (Å²) >= 11 is 1.43. The maximum absolute atomic E-state index is 12.0. The number of aliphatic imine (C=N–C) groups is 1. The van der Waals surface area contributed by atoms with Crippen LogP contribution in [0.4, 0.5) is 15.6 Å². The molecule has 1 unspecified atom stereocenters. The number of amides is 1. The SMILES string of the molecule is NC(N)=Nc1nc2c(s1)CCCC2OC(=O)Nc1ccccc1. The Balaban J connectivity index is 1.71. The molecule has 1 aromatic heterocycles. The van der Waals surface area contributed by atoms with Gasteiger partial charge in [-0.25, -0.2) is 9.78 Å². The third-order valence-electron chi connectivity index (χ3n) is 3.39. The number of para-hydroxylation sites is 1. The predicted octanol–water partition coefficient (Wildman–Crippen LogP) is 2.67. The van der Waals surface area contributed by atoms with Crippen molar-refractivity contribution in [2.45, 2.75) is 25.4 Å². The smallest absolute Gasteiger partial charge is 0.412 e. The average Bonchev–Trinajstić information content (AvgIpc) is 2.91. The molecule has 0 radical (unpaired) electrons. The third-order valence-corrected chi connectivity index (χ3v) is 4.41. The number of hydrogen-bond acceptors (Lipinski definition) is 5. The number of anilines is 1. The predicted molar refractivity (Wildman–Crippen MR) is 89.8 cm³/mol. The van der Waals surface area contributed by atoms with Gasteiger partial charge in [0, 0.05) is 10.6 Å². The van der Waals surface area contributed by atoms with Gasteiger partial charge in [-0.05, 0) is 31.4 Å². The van der Waals surface area contributed by atoms with Gasteiger partial charge in [0.25, 0.3) is 0 Å². The minimum Gasteiger partial charge on any atom is -0.439 e. The topological polar surface area (TPSA) is 116 Å². The first-order valence-corrected chi connectivity index (χ1v) is 8.05. The monoisotopic (exact) mass is 331 g/mol.